The minimum atomic E-state index is -1.24. The fourth-order valence-corrected chi connectivity index (χ4v) is 3.13. The fraction of sp³-hybridized carbons (Fsp3) is 0.375. The van der Waals surface area contributed by atoms with E-state index in [1.54, 1.807) is 12.1 Å². The third-order valence-corrected chi connectivity index (χ3v) is 4.39. The van der Waals surface area contributed by atoms with E-state index in [-0.39, 0.29) is 29.9 Å². The van der Waals surface area contributed by atoms with Crippen LogP contribution >= 0.6 is 0 Å². The number of fused-ring (bicyclic) bond motifs is 1. The van der Waals surface area contributed by atoms with Gasteiger partial charge in [-0.1, -0.05) is 12.1 Å². The fourth-order valence-electron chi connectivity index (χ4n) is 3.13. The topological polar surface area (TPSA) is 151 Å². The molecule has 3 rings (SSSR count). The first-order valence-corrected chi connectivity index (χ1v) is 8.29. The lowest BCUT2D eigenvalue weighted by Gasteiger charge is -2.27. The van der Waals surface area contributed by atoms with Gasteiger partial charge in [0.05, 0.1) is 23.4 Å². The largest absolute Gasteiger partial charge is 0.535 e. The predicted molar refractivity (Wildman–Crippen MR) is 91.9 cm³/mol. The number of carboxylic acid groups (broad SMARTS) is 1. The van der Waals surface area contributed by atoms with Crippen molar-refractivity contribution in [3.05, 3.63) is 40.7 Å². The van der Waals surface area contributed by atoms with E-state index in [4.69, 9.17) is 10.4 Å². The van der Waals surface area contributed by atoms with E-state index >= 15 is 0 Å². The summed E-state index contributed by atoms with van der Waals surface area (Å²) in [7, 11) is -1.24. The van der Waals surface area contributed by atoms with E-state index in [2.05, 4.69) is 15.4 Å². The summed E-state index contributed by atoms with van der Waals surface area (Å²) in [6.45, 7) is 0.408. The number of ketones is 1. The van der Waals surface area contributed by atoms with Crippen LogP contribution in [0.4, 0.5) is 0 Å². The Balaban J connectivity index is 1.69. The number of hydrogen-bond acceptors (Lipinski definition) is 7. The van der Waals surface area contributed by atoms with E-state index in [0.29, 0.717) is 36.3 Å². The van der Waals surface area contributed by atoms with Crippen LogP contribution < -0.4 is 10.4 Å². The number of carbonyl (C=O) groups excluding carboxylic acids is 1. The first-order valence-electron chi connectivity index (χ1n) is 8.29. The maximum absolute atomic E-state index is 12.4. The molecule has 5 N–H and O–H groups in total. The Kier molecular flexibility index (Phi) is 5.33. The number of aromatic amines is 1. The average Bonchev–Trinajstić information content (AvgIpc) is 3.02. The summed E-state index contributed by atoms with van der Waals surface area (Å²) >= 11 is 0. The Morgan fingerprint density at radius 2 is 2.12 bits per heavy atom. The zero-order valence-electron chi connectivity index (χ0n) is 14.0. The number of carbonyl (C=O) groups is 2. The number of nitrogens with zero attached hydrogens (tertiary/aromatic N) is 2. The van der Waals surface area contributed by atoms with Gasteiger partial charge in [0.1, 0.15) is 11.5 Å². The van der Waals surface area contributed by atoms with Crippen molar-refractivity contribution in [2.24, 2.45) is 5.73 Å². The molecule has 0 bridgehead atoms. The summed E-state index contributed by atoms with van der Waals surface area (Å²) in [5.74, 6) is -1.52. The molecule has 1 aromatic carbocycles. The molecule has 2 heterocycles. The van der Waals surface area contributed by atoms with Gasteiger partial charge in [-0.15, -0.1) is 0 Å². The number of H-pyrrole nitrogens is 1. The molecule has 9 nitrogen and oxygen atoms in total. The average molecular weight is 358 g/mol. The first-order chi connectivity index (χ1) is 12.5. The first kappa shape index (κ1) is 18.1. The third kappa shape index (κ3) is 3.76. The van der Waals surface area contributed by atoms with Crippen LogP contribution in [-0.2, 0) is 24.1 Å². The number of carboxylic acids is 1. The van der Waals surface area contributed by atoms with Crippen LogP contribution in [0.15, 0.2) is 18.2 Å². The molecule has 0 fully saturated rings. The summed E-state index contributed by atoms with van der Waals surface area (Å²) < 4.78 is 5.41. The molecule has 0 aliphatic carbocycles. The normalized spacial score (nSPS) is 16.1. The summed E-state index contributed by atoms with van der Waals surface area (Å²) in [6, 6.07) is 4.78. The van der Waals surface area contributed by atoms with Crippen LogP contribution in [-0.4, -0.2) is 51.0 Å². The number of Topliss-reactive ketones (excluding diaryl/α,β-unsaturated/α-hetero) is 1. The molecule has 0 unspecified atom stereocenters. The van der Waals surface area contributed by atoms with Crippen molar-refractivity contribution in [1.82, 2.24) is 15.4 Å². The highest BCUT2D eigenvalue weighted by atomic mass is 16.5. The number of benzene rings is 1. The molecule has 0 spiro atoms. The molecule has 1 aromatic heterocycles. The quantitative estimate of drug-likeness (QED) is 0.505. The van der Waals surface area contributed by atoms with Crippen LogP contribution in [0.3, 0.4) is 0 Å². The van der Waals surface area contributed by atoms with Crippen molar-refractivity contribution >= 4 is 18.9 Å². The second-order valence-corrected chi connectivity index (χ2v) is 6.25. The molecule has 0 radical (unpaired) electrons. The van der Waals surface area contributed by atoms with Gasteiger partial charge >= 0.3 is 13.1 Å². The van der Waals surface area contributed by atoms with Crippen molar-refractivity contribution in [3.63, 3.8) is 0 Å². The van der Waals surface area contributed by atoms with E-state index in [9.17, 15) is 19.7 Å². The van der Waals surface area contributed by atoms with Crippen molar-refractivity contribution in [3.8, 4) is 5.75 Å². The zero-order chi connectivity index (χ0) is 18.7. The highest BCUT2D eigenvalue weighted by molar-refractivity contribution is 6.47. The summed E-state index contributed by atoms with van der Waals surface area (Å²) in [6.07, 6.45) is 1.07. The molecule has 10 heteroatoms. The maximum atomic E-state index is 12.4. The lowest BCUT2D eigenvalue weighted by Crippen LogP contribution is -2.36. The molecule has 0 amide bonds. The number of hydrogen-bond donors (Lipinski definition) is 4. The molecule has 1 atom stereocenters. The number of aromatic nitrogens is 3. The Morgan fingerprint density at radius 1 is 1.35 bits per heavy atom. The monoisotopic (exact) mass is 358 g/mol. The van der Waals surface area contributed by atoms with E-state index in [1.165, 1.54) is 6.07 Å². The highest BCUT2D eigenvalue weighted by Gasteiger charge is 2.37. The molecular formula is C16H19BN4O5. The van der Waals surface area contributed by atoms with Crippen LogP contribution in [0.25, 0.3) is 0 Å². The van der Waals surface area contributed by atoms with Gasteiger partial charge in [-0.3, -0.25) is 4.79 Å². The number of nitrogens with two attached hydrogens (primary N) is 1. The standard InChI is InChI=1S/C16H19BN4O5/c18-5-4-13-14(20-21-19-13)8-11(22)7-10-6-9-2-1-3-12(16(23)24)15(9)26-17(10)25/h1-3,10,25H,4-8,18H2,(H,23,24)(H,19,20,21)/t10-/m1/s1. The van der Waals surface area contributed by atoms with Crippen LogP contribution in [0.2, 0.25) is 5.82 Å². The van der Waals surface area contributed by atoms with Crippen LogP contribution in [0.5, 0.6) is 5.75 Å². The Bertz CT molecular complexity index is 825. The Hall–Kier alpha value is -2.72. The summed E-state index contributed by atoms with van der Waals surface area (Å²) in [4.78, 5) is 23.7. The summed E-state index contributed by atoms with van der Waals surface area (Å²) in [5, 5.41) is 29.9. The highest BCUT2D eigenvalue weighted by Crippen LogP contribution is 2.36. The third-order valence-electron chi connectivity index (χ3n) is 4.39. The predicted octanol–water partition coefficient (Wildman–Crippen LogP) is -0.00840. The number of aromatic carboxylic acids is 1. The van der Waals surface area contributed by atoms with Gasteiger partial charge in [0.25, 0.3) is 0 Å². The van der Waals surface area contributed by atoms with Crippen molar-refractivity contribution < 1.29 is 24.4 Å². The van der Waals surface area contributed by atoms with Crippen molar-refractivity contribution in [1.29, 1.82) is 0 Å². The zero-order valence-corrected chi connectivity index (χ0v) is 14.0. The van der Waals surface area contributed by atoms with Crippen molar-refractivity contribution in [2.45, 2.75) is 31.5 Å². The molecule has 1 aliphatic rings. The van der Waals surface area contributed by atoms with Gasteiger partial charge in [0.2, 0.25) is 0 Å². The van der Waals surface area contributed by atoms with Gasteiger partial charge in [0.15, 0.2) is 0 Å². The SMILES string of the molecule is NCCc1n[nH]nc1CC(=O)C[C@H]1Cc2cccc(C(=O)O)c2OB1O. The summed E-state index contributed by atoms with van der Waals surface area (Å²) in [5.41, 5.74) is 7.39. The lowest BCUT2D eigenvalue weighted by atomic mass is 9.64. The molecule has 26 heavy (non-hydrogen) atoms. The van der Waals surface area contributed by atoms with Gasteiger partial charge in [-0.2, -0.15) is 15.4 Å². The lowest BCUT2D eigenvalue weighted by molar-refractivity contribution is -0.118. The van der Waals surface area contributed by atoms with Crippen LogP contribution in [0, 0.1) is 0 Å². The molecule has 0 saturated heterocycles. The molecular weight excluding hydrogens is 339 g/mol. The second-order valence-electron chi connectivity index (χ2n) is 6.25. The Labute approximate surface area is 149 Å². The second kappa shape index (κ2) is 7.67. The van der Waals surface area contributed by atoms with E-state index in [1.807, 2.05) is 0 Å². The van der Waals surface area contributed by atoms with Gasteiger partial charge in [-0.25, -0.2) is 4.79 Å². The minimum absolute atomic E-state index is 0.000324. The maximum Gasteiger partial charge on any atom is 0.526 e. The number of rotatable bonds is 7. The van der Waals surface area contributed by atoms with Gasteiger partial charge < -0.3 is 20.5 Å². The van der Waals surface area contributed by atoms with Gasteiger partial charge in [0, 0.05) is 18.7 Å². The molecule has 2 aromatic rings. The number of nitrogens with one attached hydrogen (secondary N) is 1. The molecule has 1 aliphatic heterocycles. The number of para-hydroxylation sites is 1. The van der Waals surface area contributed by atoms with E-state index < -0.39 is 18.9 Å². The van der Waals surface area contributed by atoms with Gasteiger partial charge in [-0.05, 0) is 24.6 Å². The minimum Gasteiger partial charge on any atom is -0.535 e. The Morgan fingerprint density at radius 3 is 2.85 bits per heavy atom. The molecule has 136 valence electrons. The van der Waals surface area contributed by atoms with E-state index in [0.717, 1.165) is 0 Å². The smallest absolute Gasteiger partial charge is 0.526 e. The van der Waals surface area contributed by atoms with Crippen molar-refractivity contribution in [2.75, 3.05) is 6.54 Å². The molecule has 0 saturated carbocycles. The van der Waals surface area contributed by atoms with Crippen LogP contribution in [0.1, 0.15) is 33.7 Å².